The van der Waals surface area contributed by atoms with Crippen LogP contribution in [0.2, 0.25) is 0 Å². The van der Waals surface area contributed by atoms with Crippen LogP contribution in [0.1, 0.15) is 29.2 Å². The van der Waals surface area contributed by atoms with Gasteiger partial charge in [0, 0.05) is 0 Å². The lowest BCUT2D eigenvalue weighted by molar-refractivity contribution is -0.119. The van der Waals surface area contributed by atoms with Crippen molar-refractivity contribution < 1.29 is 13.2 Å². The minimum Gasteiger partial charge on any atom is -0.271 e. The largest absolute Gasteiger partial charge is 0.271 e. The summed E-state index contributed by atoms with van der Waals surface area (Å²) in [5.74, 6) is -0.531. The molecular formula is C25H27N3O3S. The predicted octanol–water partition coefficient (Wildman–Crippen LogP) is 4.35. The van der Waals surface area contributed by atoms with Crippen LogP contribution in [0.5, 0.6) is 0 Å². The van der Waals surface area contributed by atoms with Crippen molar-refractivity contribution in [3.63, 3.8) is 0 Å². The van der Waals surface area contributed by atoms with Crippen LogP contribution in [0.3, 0.4) is 0 Å². The maximum atomic E-state index is 13.5. The van der Waals surface area contributed by atoms with E-state index in [0.717, 1.165) is 26.6 Å². The van der Waals surface area contributed by atoms with Gasteiger partial charge in [-0.1, -0.05) is 60.2 Å². The van der Waals surface area contributed by atoms with Gasteiger partial charge in [0.15, 0.2) is 0 Å². The van der Waals surface area contributed by atoms with Crippen LogP contribution in [-0.4, -0.2) is 26.6 Å². The molecule has 32 heavy (non-hydrogen) atoms. The van der Waals surface area contributed by atoms with Crippen LogP contribution in [-0.2, 0) is 14.8 Å². The zero-order valence-corrected chi connectivity index (χ0v) is 19.5. The maximum absolute atomic E-state index is 13.5. The third kappa shape index (κ3) is 5.42. The zero-order valence-electron chi connectivity index (χ0n) is 18.7. The van der Waals surface area contributed by atoms with Gasteiger partial charge < -0.3 is 0 Å². The number of hydrogen-bond donors (Lipinski definition) is 1. The number of rotatable bonds is 7. The molecule has 0 aromatic heterocycles. The smallest absolute Gasteiger partial charge is 0.264 e. The van der Waals surface area contributed by atoms with E-state index in [0.29, 0.717) is 11.4 Å². The predicted molar refractivity (Wildman–Crippen MR) is 128 cm³/mol. The molecule has 0 saturated heterocycles. The van der Waals surface area contributed by atoms with Gasteiger partial charge in [-0.15, -0.1) is 0 Å². The van der Waals surface area contributed by atoms with Gasteiger partial charge in [0.1, 0.15) is 6.54 Å². The molecule has 3 aromatic rings. The zero-order chi connectivity index (χ0) is 23.3. The normalized spacial score (nSPS) is 11.8. The Bertz CT molecular complexity index is 1240. The molecule has 0 atom stereocenters. The number of hydrazone groups is 1. The molecule has 6 nitrogen and oxygen atoms in total. The maximum Gasteiger partial charge on any atom is 0.264 e. The average molecular weight is 450 g/mol. The Labute approximate surface area is 189 Å². The highest BCUT2D eigenvalue weighted by atomic mass is 32.2. The molecule has 0 bridgehead atoms. The number of hydrogen-bond acceptors (Lipinski definition) is 4. The summed E-state index contributed by atoms with van der Waals surface area (Å²) < 4.78 is 28.2. The van der Waals surface area contributed by atoms with E-state index in [-0.39, 0.29) is 4.90 Å². The minimum atomic E-state index is -3.97. The molecule has 0 aliphatic carbocycles. The van der Waals surface area contributed by atoms with Crippen molar-refractivity contribution in [1.29, 1.82) is 0 Å². The molecule has 3 rings (SSSR count). The molecule has 0 heterocycles. The highest BCUT2D eigenvalue weighted by molar-refractivity contribution is 7.92. The summed E-state index contributed by atoms with van der Waals surface area (Å²) in [5.41, 5.74) is 7.04. The monoisotopic (exact) mass is 449 g/mol. The molecule has 7 heteroatoms. The minimum absolute atomic E-state index is 0.126. The van der Waals surface area contributed by atoms with E-state index in [4.69, 9.17) is 0 Å². The summed E-state index contributed by atoms with van der Waals surface area (Å²) in [7, 11) is -3.97. The second-order valence-electron chi connectivity index (χ2n) is 7.71. The third-order valence-corrected chi connectivity index (χ3v) is 6.84. The quantitative estimate of drug-likeness (QED) is 0.430. The third-order valence-electron chi connectivity index (χ3n) is 5.07. The Morgan fingerprint density at radius 1 is 0.906 bits per heavy atom. The second kappa shape index (κ2) is 9.78. The number of amides is 1. The van der Waals surface area contributed by atoms with Crippen LogP contribution < -0.4 is 9.73 Å². The highest BCUT2D eigenvalue weighted by Gasteiger charge is 2.28. The average Bonchev–Trinajstić information content (AvgIpc) is 2.78. The van der Waals surface area contributed by atoms with E-state index in [1.54, 1.807) is 37.3 Å². The van der Waals surface area contributed by atoms with Crippen molar-refractivity contribution in [2.24, 2.45) is 5.10 Å². The number of sulfonamides is 1. The summed E-state index contributed by atoms with van der Waals surface area (Å²) in [6.45, 7) is 6.97. The van der Waals surface area contributed by atoms with Crippen LogP contribution in [0.15, 0.2) is 82.8 Å². The standard InChI is InChI=1S/C25H27N3O3S/c1-18-11-14-23(15-12-18)32(30,31)28(24-16-19(2)10-13-20(24)3)17-25(29)27-26-21(4)22-8-6-5-7-9-22/h5-16H,17H2,1-4H3,(H,27,29)/b26-21-. The molecule has 0 fully saturated rings. The lowest BCUT2D eigenvalue weighted by atomic mass is 10.1. The SMILES string of the molecule is C/C(=N/NC(=O)CN(c1cc(C)ccc1C)S(=O)(=O)c1ccc(C)cc1)c1ccccc1. The Balaban J connectivity index is 1.93. The molecule has 0 aliphatic heterocycles. The summed E-state index contributed by atoms with van der Waals surface area (Å²) in [6, 6.07) is 21.5. The lowest BCUT2D eigenvalue weighted by Crippen LogP contribution is -2.40. The van der Waals surface area contributed by atoms with E-state index < -0.39 is 22.5 Å². The lowest BCUT2D eigenvalue weighted by Gasteiger charge is -2.25. The Morgan fingerprint density at radius 3 is 2.19 bits per heavy atom. The fourth-order valence-corrected chi connectivity index (χ4v) is 4.66. The Hall–Kier alpha value is -3.45. The molecule has 1 N–H and O–H groups in total. The van der Waals surface area contributed by atoms with Crippen LogP contribution in [0, 0.1) is 20.8 Å². The van der Waals surface area contributed by atoms with Crippen molar-refractivity contribution in [1.82, 2.24) is 5.43 Å². The first-order chi connectivity index (χ1) is 15.2. The van der Waals surface area contributed by atoms with Gasteiger partial charge in [-0.05, 0) is 62.6 Å². The van der Waals surface area contributed by atoms with Crippen LogP contribution in [0.4, 0.5) is 5.69 Å². The number of benzene rings is 3. The van der Waals surface area contributed by atoms with Crippen molar-refractivity contribution in [2.75, 3.05) is 10.8 Å². The van der Waals surface area contributed by atoms with Gasteiger partial charge in [-0.25, -0.2) is 13.8 Å². The van der Waals surface area contributed by atoms with E-state index in [9.17, 15) is 13.2 Å². The molecule has 0 saturated carbocycles. The molecule has 0 aliphatic rings. The van der Waals surface area contributed by atoms with Crippen LogP contribution in [0.25, 0.3) is 0 Å². The number of nitrogens with one attached hydrogen (secondary N) is 1. The van der Waals surface area contributed by atoms with Crippen LogP contribution >= 0.6 is 0 Å². The van der Waals surface area contributed by atoms with Gasteiger partial charge in [-0.3, -0.25) is 9.10 Å². The molecule has 166 valence electrons. The first-order valence-corrected chi connectivity index (χ1v) is 11.7. The first kappa shape index (κ1) is 23.2. The molecular weight excluding hydrogens is 422 g/mol. The van der Waals surface area contributed by atoms with Gasteiger partial charge in [0.25, 0.3) is 15.9 Å². The second-order valence-corrected chi connectivity index (χ2v) is 9.58. The van der Waals surface area contributed by atoms with Gasteiger partial charge in [0.2, 0.25) is 0 Å². The number of carbonyl (C=O) groups is 1. The summed E-state index contributed by atoms with van der Waals surface area (Å²) in [4.78, 5) is 12.9. The molecule has 3 aromatic carbocycles. The van der Waals surface area contributed by atoms with Crippen molar-refractivity contribution >= 4 is 27.3 Å². The van der Waals surface area contributed by atoms with E-state index in [1.807, 2.05) is 63.2 Å². The van der Waals surface area contributed by atoms with Gasteiger partial charge >= 0.3 is 0 Å². The fraction of sp³-hybridized carbons (Fsp3) is 0.200. The van der Waals surface area contributed by atoms with E-state index >= 15 is 0 Å². The molecule has 0 unspecified atom stereocenters. The Kier molecular flexibility index (Phi) is 7.10. The number of anilines is 1. The van der Waals surface area contributed by atoms with E-state index in [2.05, 4.69) is 10.5 Å². The molecule has 0 spiro atoms. The van der Waals surface area contributed by atoms with E-state index in [1.165, 1.54) is 0 Å². The number of nitrogens with zero attached hydrogens (tertiary/aromatic N) is 2. The van der Waals surface area contributed by atoms with Gasteiger partial charge in [-0.2, -0.15) is 5.10 Å². The molecule has 0 radical (unpaired) electrons. The fourth-order valence-electron chi connectivity index (χ4n) is 3.18. The van der Waals surface area contributed by atoms with Crippen molar-refractivity contribution in [2.45, 2.75) is 32.6 Å². The Morgan fingerprint density at radius 2 is 1.53 bits per heavy atom. The highest BCUT2D eigenvalue weighted by Crippen LogP contribution is 2.28. The van der Waals surface area contributed by atoms with Gasteiger partial charge in [0.05, 0.1) is 16.3 Å². The molecule has 1 amide bonds. The summed E-state index contributed by atoms with van der Waals surface area (Å²) >= 11 is 0. The topological polar surface area (TPSA) is 78.8 Å². The van der Waals surface area contributed by atoms with Crippen molar-refractivity contribution in [3.05, 3.63) is 95.1 Å². The first-order valence-electron chi connectivity index (χ1n) is 10.2. The number of carbonyl (C=O) groups excluding carboxylic acids is 1. The number of aryl methyl sites for hydroxylation is 3. The summed E-state index contributed by atoms with van der Waals surface area (Å²) in [5, 5.41) is 4.14. The van der Waals surface area contributed by atoms with Crippen molar-refractivity contribution in [3.8, 4) is 0 Å². The summed E-state index contributed by atoms with van der Waals surface area (Å²) in [6.07, 6.45) is 0.